The second-order valence-corrected chi connectivity index (χ2v) is 16.6. The molecule has 1 aliphatic carbocycles. The average Bonchev–Trinajstić information content (AvgIpc) is 2.00. The maximum absolute atomic E-state index is 2.87. The molecule has 0 aromatic heterocycles. The lowest BCUT2D eigenvalue weighted by molar-refractivity contribution is 0.603. The van der Waals surface area contributed by atoms with E-state index in [0.717, 1.165) is 0 Å². The predicted octanol–water partition coefficient (Wildman–Crippen LogP) is 4.42. The predicted molar refractivity (Wildman–Crippen MR) is 75.1 cm³/mol. The molecule has 0 saturated carbocycles. The van der Waals surface area contributed by atoms with E-state index < -0.39 is 16.5 Å². The highest BCUT2D eigenvalue weighted by Gasteiger charge is 2.35. The molecule has 0 N–H and O–H groups in total. The van der Waals surface area contributed by atoms with E-state index in [9.17, 15) is 0 Å². The molecule has 1 rings (SSSR count). The van der Waals surface area contributed by atoms with Crippen LogP contribution in [-0.2, 0) is 0 Å². The van der Waals surface area contributed by atoms with Gasteiger partial charge in [-0.2, -0.15) is 0 Å². The van der Waals surface area contributed by atoms with E-state index in [1.807, 2.05) is 0 Å². The molecule has 0 radical (unpaired) electrons. The lowest BCUT2D eigenvalue weighted by Crippen LogP contribution is -2.58. The molecule has 0 bridgehead atoms. The first kappa shape index (κ1) is 13.0. The molecule has 1 nitrogen and oxygen atoms in total. The number of hydrogen-bond donors (Lipinski definition) is 0. The fourth-order valence-corrected chi connectivity index (χ4v) is 13.1. The van der Waals surface area contributed by atoms with Gasteiger partial charge < -0.3 is 4.23 Å². The summed E-state index contributed by atoms with van der Waals surface area (Å²) >= 11 is 0. The lowest BCUT2D eigenvalue weighted by Gasteiger charge is -2.48. The van der Waals surface area contributed by atoms with Crippen molar-refractivity contribution >= 4 is 16.5 Å². The van der Waals surface area contributed by atoms with Crippen molar-refractivity contribution in [1.82, 2.24) is 4.23 Å². The zero-order chi connectivity index (χ0) is 11.7. The number of nitrogens with zero attached hydrogens (tertiary/aromatic N) is 1. The molecule has 0 aromatic rings. The fourth-order valence-electron chi connectivity index (χ4n) is 2.89. The van der Waals surface area contributed by atoms with Crippen molar-refractivity contribution in [3.8, 4) is 0 Å². The van der Waals surface area contributed by atoms with Gasteiger partial charge in [0.15, 0.2) is 0 Å². The van der Waals surface area contributed by atoms with Crippen LogP contribution in [0.4, 0.5) is 0 Å². The van der Waals surface area contributed by atoms with Gasteiger partial charge in [0.2, 0.25) is 0 Å². The van der Waals surface area contributed by atoms with E-state index in [2.05, 4.69) is 49.6 Å². The van der Waals surface area contributed by atoms with Gasteiger partial charge in [-0.25, -0.2) is 0 Å². The molecular weight excluding hydrogens is 214 g/mol. The molecule has 1 aliphatic rings. The zero-order valence-electron chi connectivity index (χ0n) is 11.4. The van der Waals surface area contributed by atoms with Crippen molar-refractivity contribution in [2.45, 2.75) is 65.0 Å². The van der Waals surface area contributed by atoms with Crippen LogP contribution in [0.5, 0.6) is 0 Å². The Bertz CT molecular complexity index is 231. The largest absolute Gasteiger partial charge is 0.428 e. The van der Waals surface area contributed by atoms with E-state index in [0.29, 0.717) is 0 Å². The highest BCUT2D eigenvalue weighted by molar-refractivity contribution is 6.90. The van der Waals surface area contributed by atoms with Crippen LogP contribution in [-0.4, -0.2) is 20.7 Å². The van der Waals surface area contributed by atoms with Crippen molar-refractivity contribution < 1.29 is 0 Å². The van der Waals surface area contributed by atoms with E-state index in [4.69, 9.17) is 0 Å². The summed E-state index contributed by atoms with van der Waals surface area (Å²) in [4.78, 5) is 0. The first-order chi connectivity index (χ1) is 6.73. The highest BCUT2D eigenvalue weighted by Crippen LogP contribution is 2.30. The molecule has 0 atom stereocenters. The van der Waals surface area contributed by atoms with Crippen LogP contribution in [0.1, 0.15) is 25.7 Å². The summed E-state index contributed by atoms with van der Waals surface area (Å²) in [5, 5.41) is 0. The number of hydrogen-bond acceptors (Lipinski definition) is 1. The Morgan fingerprint density at radius 3 is 1.80 bits per heavy atom. The Kier molecular flexibility index (Phi) is 3.87. The molecule has 0 saturated heterocycles. The molecule has 3 heteroatoms. The van der Waals surface area contributed by atoms with Gasteiger partial charge in [0.1, 0.15) is 16.5 Å². The van der Waals surface area contributed by atoms with Gasteiger partial charge in [0, 0.05) is 0 Å². The fraction of sp³-hybridized carbons (Fsp3) is 0.833. The Hall–Kier alpha value is -0.0262. The van der Waals surface area contributed by atoms with Gasteiger partial charge in [0.05, 0.1) is 0 Å². The SMILES string of the molecule is C[Si](C)(C)N(C1=CCCCC1)[Si](C)(C)C. The highest BCUT2D eigenvalue weighted by atomic mass is 28.4. The van der Waals surface area contributed by atoms with Gasteiger partial charge >= 0.3 is 0 Å². The Balaban J connectivity index is 2.96. The first-order valence-corrected chi connectivity index (χ1v) is 13.1. The van der Waals surface area contributed by atoms with Crippen molar-refractivity contribution in [2.24, 2.45) is 0 Å². The van der Waals surface area contributed by atoms with Crippen LogP contribution in [0.2, 0.25) is 39.3 Å². The normalized spacial score (nSPS) is 18.7. The van der Waals surface area contributed by atoms with Gasteiger partial charge in [-0.05, 0) is 31.4 Å². The van der Waals surface area contributed by atoms with Gasteiger partial charge in [-0.3, -0.25) is 0 Å². The van der Waals surface area contributed by atoms with Gasteiger partial charge in [-0.1, -0.05) is 45.4 Å². The Morgan fingerprint density at radius 1 is 0.933 bits per heavy atom. The lowest BCUT2D eigenvalue weighted by atomic mass is 10.1. The zero-order valence-corrected chi connectivity index (χ0v) is 13.4. The van der Waals surface area contributed by atoms with E-state index >= 15 is 0 Å². The van der Waals surface area contributed by atoms with Crippen molar-refractivity contribution in [3.05, 3.63) is 11.8 Å². The van der Waals surface area contributed by atoms with Gasteiger partial charge in [0.25, 0.3) is 0 Å². The molecule has 0 unspecified atom stereocenters. The van der Waals surface area contributed by atoms with Crippen LogP contribution < -0.4 is 0 Å². The first-order valence-electron chi connectivity index (χ1n) is 6.22. The second kappa shape index (κ2) is 4.46. The van der Waals surface area contributed by atoms with Crippen molar-refractivity contribution in [2.75, 3.05) is 0 Å². The average molecular weight is 242 g/mol. The van der Waals surface area contributed by atoms with Gasteiger partial charge in [-0.15, -0.1) is 0 Å². The summed E-state index contributed by atoms with van der Waals surface area (Å²) in [5.41, 5.74) is 1.68. The standard InChI is InChI=1S/C12H27NSi2/c1-14(2,3)13(15(4,5)6)12-10-8-7-9-11-12/h10H,7-9,11H2,1-6H3. The quantitative estimate of drug-likeness (QED) is 0.661. The minimum atomic E-state index is -1.18. The van der Waals surface area contributed by atoms with Crippen LogP contribution in [0.15, 0.2) is 11.8 Å². The summed E-state index contributed by atoms with van der Waals surface area (Å²) < 4.78 is 2.87. The maximum atomic E-state index is 2.87. The summed E-state index contributed by atoms with van der Waals surface area (Å²) in [6.07, 6.45) is 7.95. The molecule has 88 valence electrons. The van der Waals surface area contributed by atoms with Crippen LogP contribution >= 0.6 is 0 Å². The van der Waals surface area contributed by atoms with Crippen molar-refractivity contribution in [1.29, 1.82) is 0 Å². The summed E-state index contributed by atoms with van der Waals surface area (Å²) in [6.45, 7) is 14.9. The topological polar surface area (TPSA) is 3.24 Å². The molecule has 15 heavy (non-hydrogen) atoms. The summed E-state index contributed by atoms with van der Waals surface area (Å²) in [7, 11) is -2.37. The molecule has 0 aromatic carbocycles. The van der Waals surface area contributed by atoms with Crippen LogP contribution in [0.3, 0.4) is 0 Å². The molecule has 0 amide bonds. The third-order valence-corrected chi connectivity index (χ3v) is 10.2. The molecular formula is C12H27NSi2. The summed E-state index contributed by atoms with van der Waals surface area (Å²) in [5.74, 6) is 0. The molecule has 0 aliphatic heterocycles. The molecule has 0 heterocycles. The maximum Gasteiger partial charge on any atom is 0.138 e. The third kappa shape index (κ3) is 3.49. The van der Waals surface area contributed by atoms with E-state index in [1.165, 1.54) is 25.7 Å². The number of allylic oxidation sites excluding steroid dienone is 2. The van der Waals surface area contributed by atoms with Crippen LogP contribution in [0, 0.1) is 0 Å². The Morgan fingerprint density at radius 2 is 1.47 bits per heavy atom. The molecule has 0 fully saturated rings. The monoisotopic (exact) mass is 241 g/mol. The third-order valence-electron chi connectivity index (χ3n) is 2.90. The second-order valence-electron chi connectivity index (χ2n) is 6.62. The summed E-state index contributed by atoms with van der Waals surface area (Å²) in [6, 6.07) is 0. The van der Waals surface area contributed by atoms with E-state index in [1.54, 1.807) is 5.70 Å². The minimum absolute atomic E-state index is 1.18. The van der Waals surface area contributed by atoms with E-state index in [-0.39, 0.29) is 0 Å². The van der Waals surface area contributed by atoms with Crippen LogP contribution in [0.25, 0.3) is 0 Å². The van der Waals surface area contributed by atoms with Crippen molar-refractivity contribution in [3.63, 3.8) is 0 Å². The Labute approximate surface area is 97.7 Å². The minimum Gasteiger partial charge on any atom is -0.428 e. The smallest absolute Gasteiger partial charge is 0.138 e. The molecule has 0 spiro atoms. The number of rotatable bonds is 3.